The number of pyridine rings is 1. The van der Waals surface area contributed by atoms with E-state index >= 15 is 0 Å². The summed E-state index contributed by atoms with van der Waals surface area (Å²) >= 11 is 0. The van der Waals surface area contributed by atoms with E-state index in [4.69, 9.17) is 4.74 Å². The number of aliphatic hydroxyl groups excluding tert-OH is 1. The van der Waals surface area contributed by atoms with Crippen LogP contribution in [-0.2, 0) is 0 Å². The van der Waals surface area contributed by atoms with Gasteiger partial charge in [-0.25, -0.2) is 4.39 Å². The maximum atomic E-state index is 13.6. The van der Waals surface area contributed by atoms with Gasteiger partial charge in [0, 0.05) is 11.8 Å². The van der Waals surface area contributed by atoms with Crippen LogP contribution in [-0.4, -0.2) is 10.1 Å². The maximum Gasteiger partial charge on any atom is 0.148 e. The van der Waals surface area contributed by atoms with Crippen LogP contribution in [0.4, 0.5) is 4.39 Å². The molecule has 0 saturated carbocycles. The predicted octanol–water partition coefficient (Wildman–Crippen LogP) is 3.68. The number of aryl methyl sites for hydroxylation is 2. The molecule has 0 amide bonds. The first kappa shape index (κ1) is 13.5. The van der Waals surface area contributed by atoms with Crippen molar-refractivity contribution in [2.24, 2.45) is 0 Å². The van der Waals surface area contributed by atoms with Gasteiger partial charge in [-0.1, -0.05) is 0 Å². The number of ether oxygens (including phenoxy) is 1. The molecule has 19 heavy (non-hydrogen) atoms. The summed E-state index contributed by atoms with van der Waals surface area (Å²) in [5.74, 6) is 0.687. The van der Waals surface area contributed by atoms with Crippen molar-refractivity contribution in [1.29, 1.82) is 0 Å². The van der Waals surface area contributed by atoms with E-state index in [2.05, 4.69) is 4.98 Å². The summed E-state index contributed by atoms with van der Waals surface area (Å²) in [4.78, 5) is 4.13. The van der Waals surface area contributed by atoms with Crippen molar-refractivity contribution in [3.63, 3.8) is 0 Å². The number of aromatic nitrogens is 1. The quantitative estimate of drug-likeness (QED) is 0.916. The average Bonchev–Trinajstić information content (AvgIpc) is 2.36. The molecular weight excluding hydrogens is 245 g/mol. The Morgan fingerprint density at radius 2 is 2.00 bits per heavy atom. The highest BCUT2D eigenvalue weighted by Crippen LogP contribution is 2.32. The fourth-order valence-corrected chi connectivity index (χ4v) is 1.78. The van der Waals surface area contributed by atoms with E-state index in [9.17, 15) is 9.50 Å². The molecular formula is C15H16FNO2. The smallest absolute Gasteiger partial charge is 0.148 e. The van der Waals surface area contributed by atoms with Gasteiger partial charge in [-0.05, 0) is 50.6 Å². The number of aliphatic hydroxyl groups is 1. The molecule has 0 aliphatic heterocycles. The highest BCUT2D eigenvalue weighted by atomic mass is 19.1. The molecule has 3 nitrogen and oxygen atoms in total. The van der Waals surface area contributed by atoms with Crippen molar-refractivity contribution in [1.82, 2.24) is 4.98 Å². The molecule has 1 heterocycles. The lowest BCUT2D eigenvalue weighted by atomic mass is 10.1. The minimum absolute atomic E-state index is 0.355. The van der Waals surface area contributed by atoms with Gasteiger partial charge in [0.1, 0.15) is 17.3 Å². The number of hydrogen-bond donors (Lipinski definition) is 1. The maximum absolute atomic E-state index is 13.6. The van der Waals surface area contributed by atoms with Crippen LogP contribution in [0.5, 0.6) is 11.5 Å². The molecule has 2 aromatic rings. The fourth-order valence-electron chi connectivity index (χ4n) is 1.78. The monoisotopic (exact) mass is 261 g/mol. The summed E-state index contributed by atoms with van der Waals surface area (Å²) in [6, 6.07) is 6.44. The Kier molecular flexibility index (Phi) is 3.81. The molecule has 1 aromatic heterocycles. The average molecular weight is 261 g/mol. The summed E-state index contributed by atoms with van der Waals surface area (Å²) in [5, 5.41) is 9.70. The van der Waals surface area contributed by atoms with E-state index < -0.39 is 6.10 Å². The minimum Gasteiger partial charge on any atom is -0.455 e. The van der Waals surface area contributed by atoms with Gasteiger partial charge in [-0.2, -0.15) is 0 Å². The molecule has 100 valence electrons. The molecule has 0 bridgehead atoms. The van der Waals surface area contributed by atoms with Crippen molar-refractivity contribution in [3.8, 4) is 11.5 Å². The standard InChI is InChI=1S/C15H16FNO2/c1-9-7-15(12(11(3)18)8-13(9)16)19-14-5-4-6-17-10(14)2/h4-8,11,18H,1-3H3/t11-/m0/s1. The third kappa shape index (κ3) is 2.90. The summed E-state index contributed by atoms with van der Waals surface area (Å²) in [6.07, 6.45) is 0.871. The van der Waals surface area contributed by atoms with Gasteiger partial charge in [0.2, 0.25) is 0 Å². The van der Waals surface area contributed by atoms with E-state index in [1.807, 2.05) is 6.92 Å². The first-order valence-electron chi connectivity index (χ1n) is 6.06. The van der Waals surface area contributed by atoms with Gasteiger partial charge in [0.25, 0.3) is 0 Å². The molecule has 4 heteroatoms. The Bertz CT molecular complexity index is 597. The van der Waals surface area contributed by atoms with Crippen LogP contribution < -0.4 is 4.74 Å². The van der Waals surface area contributed by atoms with Gasteiger partial charge in [-0.3, -0.25) is 4.98 Å². The zero-order valence-corrected chi connectivity index (χ0v) is 11.1. The van der Waals surface area contributed by atoms with Crippen molar-refractivity contribution in [2.75, 3.05) is 0 Å². The zero-order valence-electron chi connectivity index (χ0n) is 11.1. The van der Waals surface area contributed by atoms with Gasteiger partial charge >= 0.3 is 0 Å². The summed E-state index contributed by atoms with van der Waals surface area (Å²) in [7, 11) is 0. The van der Waals surface area contributed by atoms with Crippen molar-refractivity contribution in [3.05, 3.63) is 53.1 Å². The van der Waals surface area contributed by atoms with Crippen LogP contribution >= 0.6 is 0 Å². The van der Waals surface area contributed by atoms with Crippen molar-refractivity contribution < 1.29 is 14.2 Å². The van der Waals surface area contributed by atoms with Crippen LogP contribution in [0.3, 0.4) is 0 Å². The van der Waals surface area contributed by atoms with E-state index in [-0.39, 0.29) is 5.82 Å². The summed E-state index contributed by atoms with van der Waals surface area (Å²) < 4.78 is 19.3. The Morgan fingerprint density at radius 1 is 1.26 bits per heavy atom. The van der Waals surface area contributed by atoms with Crippen LogP contribution in [0.1, 0.15) is 29.8 Å². The second-order valence-electron chi connectivity index (χ2n) is 4.50. The minimum atomic E-state index is -0.804. The fraction of sp³-hybridized carbons (Fsp3) is 0.267. The third-order valence-corrected chi connectivity index (χ3v) is 2.92. The molecule has 0 aliphatic rings. The largest absolute Gasteiger partial charge is 0.455 e. The first-order chi connectivity index (χ1) is 8.99. The normalized spacial score (nSPS) is 12.3. The second-order valence-corrected chi connectivity index (χ2v) is 4.50. The molecule has 1 aromatic carbocycles. The highest BCUT2D eigenvalue weighted by molar-refractivity contribution is 5.43. The summed E-state index contributed by atoms with van der Waals surface area (Å²) in [5.41, 5.74) is 1.63. The van der Waals surface area contributed by atoms with Gasteiger partial charge in [0.15, 0.2) is 0 Å². The van der Waals surface area contributed by atoms with Crippen molar-refractivity contribution in [2.45, 2.75) is 26.9 Å². The molecule has 0 fully saturated rings. The number of hydrogen-bond acceptors (Lipinski definition) is 3. The molecule has 1 N–H and O–H groups in total. The predicted molar refractivity (Wildman–Crippen MR) is 70.8 cm³/mol. The Labute approximate surface area is 111 Å². The highest BCUT2D eigenvalue weighted by Gasteiger charge is 2.14. The molecule has 0 unspecified atom stereocenters. The number of halogens is 1. The van der Waals surface area contributed by atoms with Gasteiger partial charge in [0.05, 0.1) is 11.8 Å². The molecule has 1 atom stereocenters. The first-order valence-corrected chi connectivity index (χ1v) is 6.06. The zero-order chi connectivity index (χ0) is 14.0. The Balaban J connectivity index is 2.45. The molecule has 0 saturated heterocycles. The number of nitrogens with zero attached hydrogens (tertiary/aromatic N) is 1. The van der Waals surface area contributed by atoms with Gasteiger partial charge in [-0.15, -0.1) is 0 Å². The van der Waals surface area contributed by atoms with Crippen LogP contribution in [0.25, 0.3) is 0 Å². The topological polar surface area (TPSA) is 42.4 Å². The molecule has 0 radical (unpaired) electrons. The lowest BCUT2D eigenvalue weighted by molar-refractivity contribution is 0.195. The van der Waals surface area contributed by atoms with Crippen molar-refractivity contribution >= 4 is 0 Å². The SMILES string of the molecule is Cc1cc(Oc2cccnc2C)c([C@H](C)O)cc1F. The Hall–Kier alpha value is -1.94. The van der Waals surface area contributed by atoms with E-state index in [0.29, 0.717) is 22.6 Å². The number of rotatable bonds is 3. The molecule has 2 rings (SSSR count). The van der Waals surface area contributed by atoms with E-state index in [1.54, 1.807) is 38.2 Å². The lowest BCUT2D eigenvalue weighted by Crippen LogP contribution is -2.00. The summed E-state index contributed by atoms with van der Waals surface area (Å²) in [6.45, 7) is 5.06. The van der Waals surface area contributed by atoms with E-state index in [0.717, 1.165) is 5.69 Å². The van der Waals surface area contributed by atoms with Crippen LogP contribution in [0, 0.1) is 19.7 Å². The van der Waals surface area contributed by atoms with Gasteiger partial charge < -0.3 is 9.84 Å². The second kappa shape index (κ2) is 5.36. The number of benzene rings is 1. The third-order valence-electron chi connectivity index (χ3n) is 2.92. The Morgan fingerprint density at radius 3 is 2.63 bits per heavy atom. The van der Waals surface area contributed by atoms with Crippen LogP contribution in [0.2, 0.25) is 0 Å². The van der Waals surface area contributed by atoms with Crippen LogP contribution in [0.15, 0.2) is 30.5 Å². The lowest BCUT2D eigenvalue weighted by Gasteiger charge is -2.15. The molecule has 0 aliphatic carbocycles. The van der Waals surface area contributed by atoms with E-state index in [1.165, 1.54) is 6.07 Å². The molecule has 0 spiro atoms.